The molecule has 0 aliphatic heterocycles. The first-order chi connectivity index (χ1) is 14.0. The van der Waals surface area contributed by atoms with Gasteiger partial charge in [0.25, 0.3) is 0 Å². The van der Waals surface area contributed by atoms with E-state index in [-0.39, 0.29) is 0 Å². The molecule has 3 aromatic rings. The predicted molar refractivity (Wildman–Crippen MR) is 111 cm³/mol. The van der Waals surface area contributed by atoms with Gasteiger partial charge in [0.1, 0.15) is 12.4 Å². The van der Waals surface area contributed by atoms with Gasteiger partial charge in [0.15, 0.2) is 11.5 Å². The van der Waals surface area contributed by atoms with Gasteiger partial charge >= 0.3 is 0 Å². The summed E-state index contributed by atoms with van der Waals surface area (Å²) in [5.74, 6) is 2.21. The van der Waals surface area contributed by atoms with Crippen LogP contribution in [0, 0.1) is 27.7 Å². The second-order valence-corrected chi connectivity index (χ2v) is 7.26. The van der Waals surface area contributed by atoms with E-state index in [0.29, 0.717) is 12.4 Å². The molecule has 0 aliphatic carbocycles. The molecule has 0 fully saturated rings. The van der Waals surface area contributed by atoms with Gasteiger partial charge in [-0.2, -0.15) is 5.10 Å². The Labute approximate surface area is 172 Å². The predicted octanol–water partition coefficient (Wildman–Crippen LogP) is 3.87. The number of nitrogens with zero attached hydrogens (tertiary/aromatic N) is 3. The number of rotatable bonds is 10. The molecule has 0 saturated carbocycles. The highest BCUT2D eigenvalue weighted by Gasteiger charge is 2.12. The fourth-order valence-corrected chi connectivity index (χ4v) is 3.29. The molecule has 0 unspecified atom stereocenters. The van der Waals surface area contributed by atoms with Crippen LogP contribution in [0.5, 0.6) is 11.5 Å². The Balaban J connectivity index is 1.48. The van der Waals surface area contributed by atoms with Gasteiger partial charge in [0, 0.05) is 18.8 Å². The molecule has 1 aromatic carbocycles. The Morgan fingerprint density at radius 2 is 1.93 bits per heavy atom. The van der Waals surface area contributed by atoms with E-state index in [4.69, 9.17) is 14.0 Å². The summed E-state index contributed by atoms with van der Waals surface area (Å²) in [5.41, 5.74) is 5.25. The average molecular weight is 399 g/mol. The Morgan fingerprint density at radius 1 is 1.10 bits per heavy atom. The first-order valence-corrected chi connectivity index (χ1v) is 9.91. The molecule has 29 heavy (non-hydrogen) atoms. The summed E-state index contributed by atoms with van der Waals surface area (Å²) >= 11 is 0. The summed E-state index contributed by atoms with van der Waals surface area (Å²) < 4.78 is 18.7. The second-order valence-electron chi connectivity index (χ2n) is 7.26. The second kappa shape index (κ2) is 9.60. The van der Waals surface area contributed by atoms with Gasteiger partial charge in [-0.1, -0.05) is 11.2 Å². The van der Waals surface area contributed by atoms with Gasteiger partial charge in [0.05, 0.1) is 24.1 Å². The van der Waals surface area contributed by atoms with E-state index < -0.39 is 0 Å². The fraction of sp³-hybridized carbons (Fsp3) is 0.455. The Kier molecular flexibility index (Phi) is 6.93. The molecule has 156 valence electrons. The first-order valence-electron chi connectivity index (χ1n) is 9.91. The largest absolute Gasteiger partial charge is 0.493 e. The molecule has 7 heteroatoms. The Bertz CT molecular complexity index is 926. The lowest BCUT2D eigenvalue weighted by molar-refractivity contribution is 0.281. The van der Waals surface area contributed by atoms with Gasteiger partial charge in [-0.15, -0.1) is 0 Å². The molecule has 0 spiro atoms. The lowest BCUT2D eigenvalue weighted by Gasteiger charge is -2.13. The van der Waals surface area contributed by atoms with Crippen molar-refractivity contribution in [3.63, 3.8) is 0 Å². The van der Waals surface area contributed by atoms with Crippen LogP contribution in [0.15, 0.2) is 28.8 Å². The minimum Gasteiger partial charge on any atom is -0.493 e. The number of methoxy groups -OCH3 is 1. The van der Waals surface area contributed by atoms with Crippen molar-refractivity contribution in [2.24, 2.45) is 0 Å². The van der Waals surface area contributed by atoms with Gasteiger partial charge in [0.2, 0.25) is 0 Å². The maximum atomic E-state index is 5.94. The molecular formula is C22H30N4O3. The van der Waals surface area contributed by atoms with Crippen LogP contribution in [0.4, 0.5) is 0 Å². The van der Waals surface area contributed by atoms with E-state index in [9.17, 15) is 0 Å². The molecule has 7 nitrogen and oxygen atoms in total. The lowest BCUT2D eigenvalue weighted by Crippen LogP contribution is -2.17. The van der Waals surface area contributed by atoms with Crippen molar-refractivity contribution in [3.8, 4) is 11.5 Å². The molecule has 0 amide bonds. The van der Waals surface area contributed by atoms with Gasteiger partial charge in [-0.3, -0.25) is 4.68 Å². The number of benzene rings is 1. The third kappa shape index (κ3) is 5.38. The van der Waals surface area contributed by atoms with Crippen LogP contribution < -0.4 is 14.8 Å². The van der Waals surface area contributed by atoms with Crippen molar-refractivity contribution in [1.29, 1.82) is 0 Å². The van der Waals surface area contributed by atoms with Gasteiger partial charge < -0.3 is 19.3 Å². The summed E-state index contributed by atoms with van der Waals surface area (Å²) in [5, 5.41) is 11.9. The fourth-order valence-electron chi connectivity index (χ4n) is 3.29. The van der Waals surface area contributed by atoms with Crippen LogP contribution in [0.3, 0.4) is 0 Å². The minimum atomic E-state index is 0.404. The quantitative estimate of drug-likeness (QED) is 0.523. The SMILES string of the molecule is COc1cc(CNCCCn2nc(C)cc2C)ccc1OCc1c(C)noc1C. The molecule has 0 radical (unpaired) electrons. The topological polar surface area (TPSA) is 74.3 Å². The molecule has 0 aliphatic rings. The van der Waals surface area contributed by atoms with E-state index in [1.54, 1.807) is 7.11 Å². The molecular weight excluding hydrogens is 368 g/mol. The molecule has 0 atom stereocenters. The first kappa shape index (κ1) is 20.9. The van der Waals surface area contributed by atoms with E-state index in [1.165, 1.54) is 5.69 Å². The summed E-state index contributed by atoms with van der Waals surface area (Å²) in [4.78, 5) is 0. The Morgan fingerprint density at radius 3 is 2.59 bits per heavy atom. The summed E-state index contributed by atoms with van der Waals surface area (Å²) in [7, 11) is 1.66. The monoisotopic (exact) mass is 398 g/mol. The van der Waals surface area contributed by atoms with Crippen molar-refractivity contribution in [1.82, 2.24) is 20.3 Å². The normalized spacial score (nSPS) is 11.1. The van der Waals surface area contributed by atoms with Gasteiger partial charge in [-0.25, -0.2) is 0 Å². The van der Waals surface area contributed by atoms with Crippen molar-refractivity contribution in [2.45, 2.75) is 53.8 Å². The van der Waals surface area contributed by atoms with Crippen LogP contribution >= 0.6 is 0 Å². The average Bonchev–Trinajstić information content (AvgIpc) is 3.20. The van der Waals surface area contributed by atoms with Crippen molar-refractivity contribution >= 4 is 0 Å². The molecule has 1 N–H and O–H groups in total. The molecule has 2 heterocycles. The maximum absolute atomic E-state index is 5.94. The number of nitrogens with one attached hydrogen (secondary N) is 1. The van der Waals surface area contributed by atoms with Crippen molar-refractivity contribution in [2.75, 3.05) is 13.7 Å². The summed E-state index contributed by atoms with van der Waals surface area (Å²) in [6, 6.07) is 8.12. The third-order valence-corrected chi connectivity index (χ3v) is 4.94. The van der Waals surface area contributed by atoms with Crippen molar-refractivity contribution in [3.05, 3.63) is 58.2 Å². The smallest absolute Gasteiger partial charge is 0.161 e. The van der Waals surface area contributed by atoms with E-state index in [0.717, 1.165) is 60.1 Å². The number of aromatic nitrogens is 3. The molecule has 2 aromatic heterocycles. The maximum Gasteiger partial charge on any atom is 0.161 e. The summed E-state index contributed by atoms with van der Waals surface area (Å²) in [6.07, 6.45) is 1.03. The van der Waals surface area contributed by atoms with E-state index in [1.807, 2.05) is 32.9 Å². The van der Waals surface area contributed by atoms with Crippen molar-refractivity contribution < 1.29 is 14.0 Å². The number of hydrogen-bond acceptors (Lipinski definition) is 6. The van der Waals surface area contributed by atoms with Crippen LogP contribution in [-0.2, 0) is 19.7 Å². The van der Waals surface area contributed by atoms with Gasteiger partial charge in [-0.05, 0) is 64.4 Å². The third-order valence-electron chi connectivity index (χ3n) is 4.94. The molecule has 0 saturated heterocycles. The van der Waals surface area contributed by atoms with E-state index >= 15 is 0 Å². The minimum absolute atomic E-state index is 0.404. The highest BCUT2D eigenvalue weighted by Crippen LogP contribution is 2.29. The zero-order valence-electron chi connectivity index (χ0n) is 17.9. The summed E-state index contributed by atoms with van der Waals surface area (Å²) in [6.45, 7) is 10.9. The Hall–Kier alpha value is -2.80. The zero-order valence-corrected chi connectivity index (χ0v) is 17.9. The standard InChI is InChI=1S/C22H30N4O3/c1-15-11-16(2)26(24-15)10-6-9-23-13-19-7-8-21(22(12-19)27-5)28-14-20-17(3)25-29-18(20)4/h7-8,11-12,23H,6,9-10,13-14H2,1-5H3. The number of ether oxygens (including phenoxy) is 2. The van der Waals surface area contributed by atoms with Crippen LogP contribution in [0.25, 0.3) is 0 Å². The van der Waals surface area contributed by atoms with Crippen LogP contribution in [0.2, 0.25) is 0 Å². The van der Waals surface area contributed by atoms with Crippen LogP contribution in [-0.4, -0.2) is 28.6 Å². The number of hydrogen-bond donors (Lipinski definition) is 1. The van der Waals surface area contributed by atoms with Crippen LogP contribution in [0.1, 0.15) is 40.4 Å². The molecule has 3 rings (SSSR count). The highest BCUT2D eigenvalue weighted by atomic mass is 16.5. The number of aryl methyl sites for hydroxylation is 5. The zero-order chi connectivity index (χ0) is 20.8. The highest BCUT2D eigenvalue weighted by molar-refractivity contribution is 5.43. The lowest BCUT2D eigenvalue weighted by atomic mass is 10.2. The molecule has 0 bridgehead atoms. The van der Waals surface area contributed by atoms with E-state index in [2.05, 4.69) is 39.3 Å².